The number of rotatable bonds is 2. The maximum absolute atomic E-state index is 11.5. The molecule has 112 valence electrons. The zero-order chi connectivity index (χ0) is 14.8. The van der Waals surface area contributed by atoms with Crippen molar-refractivity contribution in [1.82, 2.24) is 9.80 Å². The van der Waals surface area contributed by atoms with Gasteiger partial charge < -0.3 is 4.90 Å². The van der Waals surface area contributed by atoms with Crippen molar-refractivity contribution in [2.75, 3.05) is 26.7 Å². The molecular formula is C18H24N2O. The number of likely N-dealkylation sites (tertiary alicyclic amines) is 1. The molecule has 0 spiro atoms. The molecule has 1 unspecified atom stereocenters. The van der Waals surface area contributed by atoms with E-state index in [1.54, 1.807) is 6.92 Å². The Bertz CT molecular complexity index is 564. The second kappa shape index (κ2) is 6.02. The molecule has 2 aliphatic heterocycles. The standard InChI is InChI=1S/C18H24N2O/c1-14(21)20-12-9-15(10-13-20)16-6-3-4-7-17(16)18-8-5-11-19(18)2/h3-4,6-7,9,18H,5,8,10-13H2,1-2H3. The van der Waals surface area contributed by atoms with Crippen LogP contribution in [0.4, 0.5) is 0 Å². The smallest absolute Gasteiger partial charge is 0.219 e. The third-order valence-electron chi connectivity index (χ3n) is 4.84. The largest absolute Gasteiger partial charge is 0.339 e. The van der Waals surface area contributed by atoms with Gasteiger partial charge in [-0.1, -0.05) is 30.3 Å². The van der Waals surface area contributed by atoms with Crippen LogP contribution in [0.25, 0.3) is 5.57 Å². The Balaban J connectivity index is 1.88. The summed E-state index contributed by atoms with van der Waals surface area (Å²) in [6.45, 7) is 4.44. The average Bonchev–Trinajstić information content (AvgIpc) is 2.93. The number of benzene rings is 1. The lowest BCUT2D eigenvalue weighted by atomic mass is 9.90. The van der Waals surface area contributed by atoms with E-state index in [1.165, 1.54) is 36.1 Å². The van der Waals surface area contributed by atoms with E-state index in [4.69, 9.17) is 0 Å². The van der Waals surface area contributed by atoms with E-state index < -0.39 is 0 Å². The van der Waals surface area contributed by atoms with Crippen molar-refractivity contribution in [3.63, 3.8) is 0 Å². The van der Waals surface area contributed by atoms with E-state index in [2.05, 4.69) is 42.3 Å². The number of nitrogens with zero attached hydrogens (tertiary/aromatic N) is 2. The lowest BCUT2D eigenvalue weighted by Crippen LogP contribution is -2.32. The molecule has 1 saturated heterocycles. The van der Waals surface area contributed by atoms with Crippen LogP contribution in [0, 0.1) is 0 Å². The lowest BCUT2D eigenvalue weighted by molar-refractivity contribution is -0.128. The Hall–Kier alpha value is -1.61. The number of hydrogen-bond acceptors (Lipinski definition) is 2. The molecule has 1 aromatic carbocycles. The summed E-state index contributed by atoms with van der Waals surface area (Å²) in [5.41, 5.74) is 4.25. The third kappa shape index (κ3) is 2.88. The topological polar surface area (TPSA) is 23.6 Å². The Kier molecular flexibility index (Phi) is 4.11. The maximum atomic E-state index is 11.5. The molecule has 3 nitrogen and oxygen atoms in total. The van der Waals surface area contributed by atoms with Crippen molar-refractivity contribution < 1.29 is 4.79 Å². The maximum Gasteiger partial charge on any atom is 0.219 e. The fourth-order valence-electron chi connectivity index (χ4n) is 3.58. The number of hydrogen-bond donors (Lipinski definition) is 0. The molecule has 3 rings (SSSR count). The second-order valence-corrected chi connectivity index (χ2v) is 6.17. The predicted molar refractivity (Wildman–Crippen MR) is 85.9 cm³/mol. The first-order valence-electron chi connectivity index (χ1n) is 7.91. The first-order valence-corrected chi connectivity index (χ1v) is 7.91. The Morgan fingerprint density at radius 3 is 2.67 bits per heavy atom. The number of carbonyl (C=O) groups excluding carboxylic acids is 1. The van der Waals surface area contributed by atoms with Gasteiger partial charge in [-0.3, -0.25) is 9.69 Å². The van der Waals surface area contributed by atoms with E-state index in [1.807, 2.05) is 4.90 Å². The van der Waals surface area contributed by atoms with Crippen LogP contribution < -0.4 is 0 Å². The zero-order valence-corrected chi connectivity index (χ0v) is 13.0. The van der Waals surface area contributed by atoms with Crippen LogP contribution in [0.5, 0.6) is 0 Å². The molecule has 0 saturated carbocycles. The molecule has 0 N–H and O–H groups in total. The van der Waals surface area contributed by atoms with Gasteiger partial charge in [0, 0.05) is 26.1 Å². The Morgan fingerprint density at radius 1 is 1.24 bits per heavy atom. The molecule has 0 aromatic heterocycles. The fourth-order valence-corrected chi connectivity index (χ4v) is 3.58. The van der Waals surface area contributed by atoms with Crippen LogP contribution in [-0.2, 0) is 4.79 Å². The normalized spacial score (nSPS) is 23.2. The fraction of sp³-hybridized carbons (Fsp3) is 0.500. The second-order valence-electron chi connectivity index (χ2n) is 6.17. The van der Waals surface area contributed by atoms with Gasteiger partial charge in [0.05, 0.1) is 0 Å². The minimum atomic E-state index is 0.175. The van der Waals surface area contributed by atoms with Crippen molar-refractivity contribution in [3.05, 3.63) is 41.5 Å². The molecule has 1 atom stereocenters. The number of carbonyl (C=O) groups is 1. The van der Waals surface area contributed by atoms with Gasteiger partial charge in [0.25, 0.3) is 0 Å². The molecule has 0 aliphatic carbocycles. The van der Waals surface area contributed by atoms with Crippen molar-refractivity contribution in [1.29, 1.82) is 0 Å². The van der Waals surface area contributed by atoms with E-state index in [0.29, 0.717) is 6.04 Å². The van der Waals surface area contributed by atoms with Gasteiger partial charge in [0.1, 0.15) is 0 Å². The molecule has 2 aliphatic rings. The number of amides is 1. The molecule has 1 amide bonds. The summed E-state index contributed by atoms with van der Waals surface area (Å²) < 4.78 is 0. The lowest BCUT2D eigenvalue weighted by Gasteiger charge is -2.28. The summed E-state index contributed by atoms with van der Waals surface area (Å²) in [6.07, 6.45) is 5.73. The minimum absolute atomic E-state index is 0.175. The van der Waals surface area contributed by atoms with Crippen LogP contribution in [0.15, 0.2) is 30.3 Å². The van der Waals surface area contributed by atoms with Gasteiger partial charge in [-0.25, -0.2) is 0 Å². The van der Waals surface area contributed by atoms with Gasteiger partial charge in [-0.15, -0.1) is 0 Å². The summed E-state index contributed by atoms with van der Waals surface area (Å²) in [5, 5.41) is 0. The molecule has 0 bridgehead atoms. The molecule has 21 heavy (non-hydrogen) atoms. The van der Waals surface area contributed by atoms with Crippen LogP contribution in [0.3, 0.4) is 0 Å². The average molecular weight is 284 g/mol. The van der Waals surface area contributed by atoms with E-state index in [0.717, 1.165) is 19.5 Å². The monoisotopic (exact) mass is 284 g/mol. The van der Waals surface area contributed by atoms with Crippen LogP contribution in [-0.4, -0.2) is 42.4 Å². The predicted octanol–water partition coefficient (Wildman–Crippen LogP) is 3.09. The van der Waals surface area contributed by atoms with Crippen LogP contribution >= 0.6 is 0 Å². The first-order chi connectivity index (χ1) is 10.2. The van der Waals surface area contributed by atoms with E-state index in [-0.39, 0.29) is 5.91 Å². The SMILES string of the molecule is CC(=O)N1CC=C(c2ccccc2C2CCCN2C)CC1. The molecule has 1 aromatic rings. The van der Waals surface area contributed by atoms with Crippen molar-refractivity contribution in [3.8, 4) is 0 Å². The van der Waals surface area contributed by atoms with Crippen molar-refractivity contribution in [2.45, 2.75) is 32.2 Å². The van der Waals surface area contributed by atoms with Crippen LogP contribution in [0.1, 0.15) is 43.4 Å². The molecule has 1 fully saturated rings. The summed E-state index contributed by atoms with van der Waals surface area (Å²) in [5.74, 6) is 0.175. The van der Waals surface area contributed by atoms with Crippen molar-refractivity contribution >= 4 is 11.5 Å². The molecule has 3 heteroatoms. The highest BCUT2D eigenvalue weighted by Crippen LogP contribution is 2.36. The summed E-state index contributed by atoms with van der Waals surface area (Å²) in [6, 6.07) is 9.35. The molecule has 2 heterocycles. The van der Waals surface area contributed by atoms with E-state index >= 15 is 0 Å². The quantitative estimate of drug-likeness (QED) is 0.833. The van der Waals surface area contributed by atoms with Crippen molar-refractivity contribution in [2.24, 2.45) is 0 Å². The highest BCUT2D eigenvalue weighted by molar-refractivity contribution is 5.76. The van der Waals surface area contributed by atoms with Gasteiger partial charge >= 0.3 is 0 Å². The highest BCUT2D eigenvalue weighted by Gasteiger charge is 2.26. The summed E-state index contributed by atoms with van der Waals surface area (Å²) >= 11 is 0. The highest BCUT2D eigenvalue weighted by atomic mass is 16.2. The third-order valence-corrected chi connectivity index (χ3v) is 4.84. The summed E-state index contributed by atoms with van der Waals surface area (Å²) in [4.78, 5) is 15.8. The minimum Gasteiger partial charge on any atom is -0.339 e. The van der Waals surface area contributed by atoms with Gasteiger partial charge in [-0.2, -0.15) is 0 Å². The molecule has 0 radical (unpaired) electrons. The Morgan fingerprint density at radius 2 is 2.05 bits per heavy atom. The van der Waals surface area contributed by atoms with E-state index in [9.17, 15) is 4.79 Å². The van der Waals surface area contributed by atoms with Crippen LogP contribution in [0.2, 0.25) is 0 Å². The van der Waals surface area contributed by atoms with Gasteiger partial charge in [0.2, 0.25) is 5.91 Å². The summed E-state index contributed by atoms with van der Waals surface area (Å²) in [7, 11) is 2.22. The first kappa shape index (κ1) is 14.3. The Labute approximate surface area is 127 Å². The van der Waals surface area contributed by atoms with Gasteiger partial charge in [0.15, 0.2) is 0 Å². The van der Waals surface area contributed by atoms with Gasteiger partial charge in [-0.05, 0) is 49.6 Å². The molecular weight excluding hydrogens is 260 g/mol. The zero-order valence-electron chi connectivity index (χ0n) is 13.0.